The third kappa shape index (κ3) is 4.07. The largest absolute Gasteiger partial charge is 0.477 e. The molecule has 0 unspecified atom stereocenters. The number of hydrogen-bond donors (Lipinski definition) is 3. The molecule has 0 aliphatic rings. The van der Waals surface area contributed by atoms with E-state index in [1.807, 2.05) is 36.4 Å². The Bertz CT molecular complexity index is 1060. The van der Waals surface area contributed by atoms with Crippen LogP contribution in [0.1, 0.15) is 34.8 Å². The van der Waals surface area contributed by atoms with E-state index in [0.29, 0.717) is 17.3 Å². The highest BCUT2D eigenvalue weighted by Gasteiger charge is 2.15. The molecule has 0 radical (unpaired) electrons. The predicted octanol–water partition coefficient (Wildman–Crippen LogP) is 3.10. The van der Waals surface area contributed by atoms with Crippen LogP contribution in [-0.2, 0) is 13.0 Å². The Kier molecular flexibility index (Phi) is 6.11. The lowest BCUT2D eigenvalue weighted by molar-refractivity contribution is 0.0694. The quantitative estimate of drug-likeness (QED) is 0.559. The first-order chi connectivity index (χ1) is 13.5. The summed E-state index contributed by atoms with van der Waals surface area (Å²) in [7, 11) is 0. The lowest BCUT2D eigenvalue weighted by Crippen LogP contribution is -2.20. The second-order valence-electron chi connectivity index (χ2n) is 6.71. The summed E-state index contributed by atoms with van der Waals surface area (Å²) in [6.45, 7) is 3.06. The number of nitrogens with one attached hydrogen (secondary N) is 1. The number of hydrogen-bond acceptors (Lipinski definition) is 4. The molecule has 1 heterocycles. The normalized spacial score (nSPS) is 10.9. The van der Waals surface area contributed by atoms with Crippen LogP contribution in [0.3, 0.4) is 0 Å². The van der Waals surface area contributed by atoms with E-state index in [1.54, 1.807) is 10.6 Å². The van der Waals surface area contributed by atoms with E-state index in [2.05, 4.69) is 12.2 Å². The molecule has 0 spiro atoms. The minimum absolute atomic E-state index is 0.144. The van der Waals surface area contributed by atoms with Crippen LogP contribution in [0.5, 0.6) is 0 Å². The molecule has 0 saturated heterocycles. The van der Waals surface area contributed by atoms with Gasteiger partial charge >= 0.3 is 5.97 Å². The van der Waals surface area contributed by atoms with Crippen LogP contribution in [0, 0.1) is 0 Å². The molecule has 6 nitrogen and oxygen atoms in total. The number of nitrogens with zero attached hydrogens (tertiary/aromatic N) is 1. The standard InChI is InChI=1S/C22H24N2O4/c1-2-9-23-19-6-4-3-5-16(19)12-15-7-8-20-17(13-15)21(26)18(22(27)28)14-24(20)10-11-25/h3-8,13-14,23,25H,2,9-12H2,1H3,(H,27,28). The van der Waals surface area contributed by atoms with Crippen LogP contribution in [0.15, 0.2) is 53.5 Å². The van der Waals surface area contributed by atoms with Crippen LogP contribution in [0.25, 0.3) is 10.9 Å². The van der Waals surface area contributed by atoms with Gasteiger partial charge < -0.3 is 20.1 Å². The van der Waals surface area contributed by atoms with Gasteiger partial charge in [0, 0.05) is 30.4 Å². The second kappa shape index (κ2) is 8.71. The molecule has 0 aliphatic carbocycles. The molecule has 28 heavy (non-hydrogen) atoms. The lowest BCUT2D eigenvalue weighted by atomic mass is 10.0. The molecular weight excluding hydrogens is 356 g/mol. The third-order valence-corrected chi connectivity index (χ3v) is 4.69. The number of aromatic carboxylic acids is 1. The smallest absolute Gasteiger partial charge is 0.341 e. The lowest BCUT2D eigenvalue weighted by Gasteiger charge is -2.14. The molecule has 0 bridgehead atoms. The Morgan fingerprint density at radius 3 is 2.68 bits per heavy atom. The van der Waals surface area contributed by atoms with Crippen LogP contribution in [0.2, 0.25) is 0 Å². The number of carboxylic acid groups (broad SMARTS) is 1. The molecule has 1 aromatic heterocycles. The number of aromatic nitrogens is 1. The molecule has 3 rings (SSSR count). The minimum atomic E-state index is -1.27. The molecule has 0 atom stereocenters. The Labute approximate surface area is 163 Å². The molecule has 6 heteroatoms. The van der Waals surface area contributed by atoms with E-state index in [1.165, 1.54) is 6.20 Å². The van der Waals surface area contributed by atoms with Crippen molar-refractivity contribution >= 4 is 22.6 Å². The van der Waals surface area contributed by atoms with E-state index >= 15 is 0 Å². The summed E-state index contributed by atoms with van der Waals surface area (Å²) >= 11 is 0. The molecule has 2 aromatic carbocycles. The number of pyridine rings is 1. The molecule has 3 aromatic rings. The number of para-hydroxylation sites is 1. The fraction of sp³-hybridized carbons (Fsp3) is 0.273. The third-order valence-electron chi connectivity index (χ3n) is 4.69. The van der Waals surface area contributed by atoms with Crippen LogP contribution in [0.4, 0.5) is 5.69 Å². The average Bonchev–Trinajstić information content (AvgIpc) is 2.69. The molecular formula is C22H24N2O4. The molecule has 0 aliphatic heterocycles. The van der Waals surface area contributed by atoms with Crippen LogP contribution in [-0.4, -0.2) is 33.9 Å². The van der Waals surface area contributed by atoms with E-state index < -0.39 is 11.4 Å². The molecule has 146 valence electrons. The van der Waals surface area contributed by atoms with Gasteiger partial charge in [-0.05, 0) is 42.2 Å². The van der Waals surface area contributed by atoms with Crippen molar-refractivity contribution in [3.05, 3.63) is 75.6 Å². The van der Waals surface area contributed by atoms with Gasteiger partial charge in [0.05, 0.1) is 12.1 Å². The highest BCUT2D eigenvalue weighted by Crippen LogP contribution is 2.22. The summed E-state index contributed by atoms with van der Waals surface area (Å²) in [5.41, 5.74) is 2.92. The molecule has 0 amide bonds. The van der Waals surface area contributed by atoms with Crippen molar-refractivity contribution < 1.29 is 15.0 Å². The van der Waals surface area contributed by atoms with Gasteiger partial charge in [0.15, 0.2) is 0 Å². The summed E-state index contributed by atoms with van der Waals surface area (Å²) in [4.78, 5) is 24.1. The SMILES string of the molecule is CCCNc1ccccc1Cc1ccc2c(c1)c(=O)c(C(=O)O)cn2CCO. The van der Waals surface area contributed by atoms with Crippen molar-refractivity contribution in [1.29, 1.82) is 0 Å². The number of carboxylic acids is 1. The summed E-state index contributed by atoms with van der Waals surface area (Å²) < 4.78 is 1.61. The molecule has 0 saturated carbocycles. The predicted molar refractivity (Wildman–Crippen MR) is 110 cm³/mol. The molecule has 3 N–H and O–H groups in total. The van der Waals surface area contributed by atoms with Crippen molar-refractivity contribution in [1.82, 2.24) is 4.57 Å². The zero-order valence-electron chi connectivity index (χ0n) is 15.8. The van der Waals surface area contributed by atoms with E-state index in [0.717, 1.165) is 29.8 Å². The Morgan fingerprint density at radius 1 is 1.18 bits per heavy atom. The van der Waals surface area contributed by atoms with Gasteiger partial charge in [0.25, 0.3) is 0 Å². The highest BCUT2D eigenvalue weighted by molar-refractivity contribution is 5.92. The monoisotopic (exact) mass is 380 g/mol. The van der Waals surface area contributed by atoms with Gasteiger partial charge in [-0.3, -0.25) is 4.79 Å². The number of anilines is 1. The summed E-state index contributed by atoms with van der Waals surface area (Å²) in [6, 6.07) is 13.5. The van der Waals surface area contributed by atoms with Crippen molar-refractivity contribution in [2.24, 2.45) is 0 Å². The Morgan fingerprint density at radius 2 is 1.96 bits per heavy atom. The number of benzene rings is 2. The maximum atomic E-state index is 12.7. The van der Waals surface area contributed by atoms with Crippen molar-refractivity contribution in [2.45, 2.75) is 26.3 Å². The van der Waals surface area contributed by atoms with Gasteiger partial charge in [-0.1, -0.05) is 31.2 Å². The van der Waals surface area contributed by atoms with E-state index in [4.69, 9.17) is 0 Å². The fourth-order valence-corrected chi connectivity index (χ4v) is 3.33. The number of aliphatic hydroxyl groups excluding tert-OH is 1. The zero-order valence-corrected chi connectivity index (χ0v) is 15.8. The first kappa shape index (κ1) is 19.6. The fourth-order valence-electron chi connectivity index (χ4n) is 3.33. The van der Waals surface area contributed by atoms with Gasteiger partial charge in [-0.2, -0.15) is 0 Å². The average molecular weight is 380 g/mol. The van der Waals surface area contributed by atoms with Crippen molar-refractivity contribution in [2.75, 3.05) is 18.5 Å². The van der Waals surface area contributed by atoms with Gasteiger partial charge in [-0.15, -0.1) is 0 Å². The number of aliphatic hydroxyl groups is 1. The summed E-state index contributed by atoms with van der Waals surface area (Å²) in [6.07, 6.45) is 2.94. The van der Waals surface area contributed by atoms with Gasteiger partial charge in [-0.25, -0.2) is 4.79 Å². The van der Waals surface area contributed by atoms with Crippen molar-refractivity contribution in [3.8, 4) is 0 Å². The van der Waals surface area contributed by atoms with Gasteiger partial charge in [0.2, 0.25) is 5.43 Å². The Balaban J connectivity index is 2.06. The number of carbonyl (C=O) groups is 1. The first-order valence-corrected chi connectivity index (χ1v) is 9.37. The Hall–Kier alpha value is -3.12. The minimum Gasteiger partial charge on any atom is -0.477 e. The first-order valence-electron chi connectivity index (χ1n) is 9.37. The van der Waals surface area contributed by atoms with E-state index in [-0.39, 0.29) is 18.7 Å². The van der Waals surface area contributed by atoms with Gasteiger partial charge in [0.1, 0.15) is 5.56 Å². The van der Waals surface area contributed by atoms with E-state index in [9.17, 15) is 19.8 Å². The zero-order chi connectivity index (χ0) is 20.1. The summed E-state index contributed by atoms with van der Waals surface area (Å²) in [5, 5.41) is 22.4. The molecule has 0 fully saturated rings. The highest BCUT2D eigenvalue weighted by atomic mass is 16.4. The maximum absolute atomic E-state index is 12.7. The summed E-state index contributed by atoms with van der Waals surface area (Å²) in [5.74, 6) is -1.27. The van der Waals surface area contributed by atoms with Crippen LogP contribution >= 0.6 is 0 Å². The topological polar surface area (TPSA) is 91.6 Å². The van der Waals surface area contributed by atoms with Crippen molar-refractivity contribution in [3.63, 3.8) is 0 Å². The number of rotatable bonds is 8. The van der Waals surface area contributed by atoms with Crippen LogP contribution < -0.4 is 10.7 Å². The maximum Gasteiger partial charge on any atom is 0.341 e. The second-order valence-corrected chi connectivity index (χ2v) is 6.71. The number of fused-ring (bicyclic) bond motifs is 1.